The zero-order chi connectivity index (χ0) is 10.7. The van der Waals surface area contributed by atoms with E-state index in [-0.39, 0.29) is 16.7 Å². The second kappa shape index (κ2) is 3.62. The van der Waals surface area contributed by atoms with Gasteiger partial charge in [-0.25, -0.2) is 9.59 Å². The average Bonchev–Trinajstić information content (AvgIpc) is 2.16. The van der Waals surface area contributed by atoms with Crippen molar-refractivity contribution in [1.29, 1.82) is 0 Å². The van der Waals surface area contributed by atoms with E-state index >= 15 is 0 Å². The Morgan fingerprint density at radius 1 is 1.07 bits per heavy atom. The molecule has 69 valence electrons. The third-order valence-corrected chi connectivity index (χ3v) is 1.57. The summed E-state index contributed by atoms with van der Waals surface area (Å²) in [5.41, 5.74) is -0.207. The van der Waals surface area contributed by atoms with Crippen molar-refractivity contribution in [1.82, 2.24) is 0 Å². The van der Waals surface area contributed by atoms with Crippen molar-refractivity contribution in [2.75, 3.05) is 0 Å². The topological polar surface area (TPSA) is 74.6 Å². The summed E-state index contributed by atoms with van der Waals surface area (Å²) in [7, 11) is 0. The lowest BCUT2D eigenvalue weighted by Gasteiger charge is -1.99. The molecular formula is C10H5O4. The molecule has 0 unspecified atom stereocenters. The predicted octanol–water partition coefficient (Wildman–Crippen LogP) is 1.02. The number of carboxylic acids is 2. The number of benzene rings is 1. The summed E-state index contributed by atoms with van der Waals surface area (Å²) in [4.78, 5) is 21.1. The van der Waals surface area contributed by atoms with E-state index in [2.05, 4.69) is 0 Å². The molecule has 0 spiro atoms. The summed E-state index contributed by atoms with van der Waals surface area (Å²) in [6, 6.07) is 3.40. The van der Waals surface area contributed by atoms with Gasteiger partial charge in [-0.15, -0.1) is 0 Å². The summed E-state index contributed by atoms with van der Waals surface area (Å²) >= 11 is 0. The molecule has 0 aliphatic rings. The fourth-order valence-corrected chi connectivity index (χ4v) is 0.947. The van der Waals surface area contributed by atoms with Gasteiger partial charge in [0.05, 0.1) is 11.1 Å². The van der Waals surface area contributed by atoms with Crippen LogP contribution in [0.1, 0.15) is 26.3 Å². The summed E-state index contributed by atoms with van der Waals surface area (Å²) in [5.74, 6) is -0.523. The van der Waals surface area contributed by atoms with E-state index in [1.165, 1.54) is 12.1 Å². The van der Waals surface area contributed by atoms with Crippen molar-refractivity contribution >= 4 is 11.9 Å². The summed E-state index contributed by atoms with van der Waals surface area (Å²) < 4.78 is 0. The molecule has 1 aromatic carbocycles. The maximum absolute atomic E-state index is 10.6. The molecule has 0 heterocycles. The van der Waals surface area contributed by atoms with Crippen LogP contribution in [0, 0.1) is 12.3 Å². The molecule has 1 aromatic rings. The Morgan fingerprint density at radius 2 is 1.50 bits per heavy atom. The van der Waals surface area contributed by atoms with Crippen LogP contribution in [0.3, 0.4) is 0 Å². The first kappa shape index (κ1) is 9.81. The third kappa shape index (κ3) is 1.90. The van der Waals surface area contributed by atoms with Gasteiger partial charge < -0.3 is 10.2 Å². The summed E-state index contributed by atoms with van der Waals surface area (Å²) in [6.07, 6.45) is 6.78. The van der Waals surface area contributed by atoms with Crippen LogP contribution in [-0.2, 0) is 0 Å². The van der Waals surface area contributed by atoms with Crippen LogP contribution in [0.4, 0.5) is 0 Å². The molecule has 0 amide bonds. The van der Waals surface area contributed by atoms with Crippen molar-refractivity contribution < 1.29 is 19.8 Å². The molecule has 0 saturated carbocycles. The molecule has 0 aliphatic heterocycles. The second-order valence-electron chi connectivity index (χ2n) is 2.53. The van der Waals surface area contributed by atoms with Gasteiger partial charge in [0.25, 0.3) is 0 Å². The molecule has 0 fully saturated rings. The highest BCUT2D eigenvalue weighted by Crippen LogP contribution is 2.09. The molecule has 1 radical (unpaired) electrons. The van der Waals surface area contributed by atoms with Crippen molar-refractivity contribution in [3.05, 3.63) is 41.3 Å². The van der Waals surface area contributed by atoms with Crippen LogP contribution in [0.5, 0.6) is 0 Å². The highest BCUT2D eigenvalue weighted by atomic mass is 16.4. The highest BCUT2D eigenvalue weighted by molar-refractivity contribution is 5.94. The van der Waals surface area contributed by atoms with E-state index in [0.29, 0.717) is 0 Å². The number of hydrogen-bond acceptors (Lipinski definition) is 2. The Kier molecular flexibility index (Phi) is 2.54. The first-order chi connectivity index (χ1) is 6.54. The number of aromatic carboxylic acids is 2. The van der Waals surface area contributed by atoms with Gasteiger partial charge in [-0.1, -0.05) is 5.92 Å². The normalized spacial score (nSPS) is 9.07. The second-order valence-corrected chi connectivity index (χ2v) is 2.53. The molecule has 0 saturated heterocycles. The lowest BCUT2D eigenvalue weighted by Crippen LogP contribution is -2.03. The monoisotopic (exact) mass is 189 g/mol. The summed E-state index contributed by atoms with van der Waals surface area (Å²) in [5, 5.41) is 17.3. The predicted molar refractivity (Wildman–Crippen MR) is 46.6 cm³/mol. The van der Waals surface area contributed by atoms with E-state index in [1.54, 1.807) is 0 Å². The molecule has 1 rings (SSSR count). The van der Waals surface area contributed by atoms with Crippen LogP contribution in [0.2, 0.25) is 0 Å². The molecule has 0 aromatic heterocycles. The molecule has 0 aliphatic carbocycles. The van der Waals surface area contributed by atoms with Gasteiger partial charge in [0.2, 0.25) is 0 Å². The minimum atomic E-state index is -1.23. The van der Waals surface area contributed by atoms with Crippen LogP contribution in [0.15, 0.2) is 18.2 Å². The zero-order valence-electron chi connectivity index (χ0n) is 6.94. The van der Waals surface area contributed by atoms with Gasteiger partial charge in [-0.05, 0) is 24.6 Å². The van der Waals surface area contributed by atoms with Crippen LogP contribution >= 0.6 is 0 Å². The third-order valence-electron chi connectivity index (χ3n) is 1.57. The lowest BCUT2D eigenvalue weighted by atomic mass is 10.1. The van der Waals surface area contributed by atoms with E-state index in [9.17, 15) is 9.59 Å². The van der Waals surface area contributed by atoms with Crippen molar-refractivity contribution in [3.8, 4) is 5.92 Å². The molecule has 4 heteroatoms. The smallest absolute Gasteiger partial charge is 0.335 e. The van der Waals surface area contributed by atoms with Gasteiger partial charge >= 0.3 is 11.9 Å². The van der Waals surface area contributed by atoms with Crippen molar-refractivity contribution in [2.45, 2.75) is 0 Å². The molecule has 14 heavy (non-hydrogen) atoms. The SMILES string of the molecule is [C]#Cc1cc(C(=O)O)cc(C(=O)O)c1. The Morgan fingerprint density at radius 3 is 1.79 bits per heavy atom. The first-order valence-corrected chi connectivity index (χ1v) is 3.59. The van der Waals surface area contributed by atoms with Gasteiger partial charge in [-0.2, -0.15) is 0 Å². The Labute approximate surface area is 79.8 Å². The minimum absolute atomic E-state index is 0.127. The van der Waals surface area contributed by atoms with Crippen molar-refractivity contribution in [3.63, 3.8) is 0 Å². The molecule has 0 bridgehead atoms. The molecule has 2 N–H and O–H groups in total. The lowest BCUT2D eigenvalue weighted by molar-refractivity contribution is 0.0696. The van der Waals surface area contributed by atoms with Gasteiger partial charge in [0.1, 0.15) is 0 Å². The minimum Gasteiger partial charge on any atom is -0.478 e. The fraction of sp³-hybridized carbons (Fsp3) is 0. The number of hydrogen-bond donors (Lipinski definition) is 2. The summed E-state index contributed by atoms with van der Waals surface area (Å²) in [6.45, 7) is 0. The zero-order valence-corrected chi connectivity index (χ0v) is 6.94. The standard InChI is InChI=1S/C10H5O4/c1-2-6-3-7(9(11)12)5-8(4-6)10(13)14/h3-5H,(H,11,12)(H,13,14). The average molecular weight is 189 g/mol. The quantitative estimate of drug-likeness (QED) is 0.681. The van der Waals surface area contributed by atoms with E-state index in [0.717, 1.165) is 6.07 Å². The largest absolute Gasteiger partial charge is 0.478 e. The molecular weight excluding hydrogens is 184 g/mol. The van der Waals surface area contributed by atoms with Gasteiger partial charge in [-0.3, -0.25) is 0 Å². The van der Waals surface area contributed by atoms with Crippen LogP contribution < -0.4 is 0 Å². The first-order valence-electron chi connectivity index (χ1n) is 3.59. The van der Waals surface area contributed by atoms with E-state index < -0.39 is 11.9 Å². The maximum Gasteiger partial charge on any atom is 0.335 e. The van der Waals surface area contributed by atoms with E-state index in [4.69, 9.17) is 16.6 Å². The van der Waals surface area contributed by atoms with Gasteiger partial charge in [0.15, 0.2) is 0 Å². The fourth-order valence-electron chi connectivity index (χ4n) is 0.947. The maximum atomic E-state index is 10.6. The van der Waals surface area contributed by atoms with E-state index in [1.807, 2.05) is 5.92 Å². The highest BCUT2D eigenvalue weighted by Gasteiger charge is 2.10. The molecule has 0 atom stereocenters. The van der Waals surface area contributed by atoms with Crippen molar-refractivity contribution in [2.24, 2.45) is 0 Å². The van der Waals surface area contributed by atoms with Crippen LogP contribution in [0.25, 0.3) is 0 Å². The van der Waals surface area contributed by atoms with Gasteiger partial charge in [0, 0.05) is 5.56 Å². The Hall–Kier alpha value is -2.28. The number of carbonyl (C=O) groups is 2. The Bertz CT molecular complexity index is 408. The van der Waals surface area contributed by atoms with Crippen LogP contribution in [-0.4, -0.2) is 22.2 Å². The number of carboxylic acid groups (broad SMARTS) is 2. The Balaban J connectivity index is 3.36. The molecule has 4 nitrogen and oxygen atoms in total. The number of rotatable bonds is 2.